The number of benzene rings is 3. The summed E-state index contributed by atoms with van der Waals surface area (Å²) in [6.45, 7) is 2.67. The first-order valence-electron chi connectivity index (χ1n) is 14.2. The lowest BCUT2D eigenvalue weighted by molar-refractivity contribution is -0.137. The predicted molar refractivity (Wildman–Crippen MR) is 162 cm³/mol. The van der Waals surface area contributed by atoms with E-state index in [-0.39, 0.29) is 24.4 Å². The highest BCUT2D eigenvalue weighted by Crippen LogP contribution is 2.50. The Kier molecular flexibility index (Phi) is 11.0. The number of nitrogens with zero attached hydrogens (tertiary/aromatic N) is 1. The number of halogens is 3. The van der Waals surface area contributed by atoms with Gasteiger partial charge in [0, 0.05) is 31.3 Å². The number of ether oxygens (including phenoxy) is 1. The second-order valence-corrected chi connectivity index (χ2v) is 12.6. The van der Waals surface area contributed by atoms with Crippen molar-refractivity contribution < 1.29 is 36.9 Å². The monoisotopic (exact) mass is 621 g/mol. The molecule has 1 heterocycles. The fourth-order valence-electron chi connectivity index (χ4n) is 4.98. The number of aliphatic hydroxyl groups excluding tert-OH is 1. The molecule has 12 heteroatoms. The van der Waals surface area contributed by atoms with Crippen molar-refractivity contribution in [3.05, 3.63) is 95.1 Å². The molecular formula is C31H38F3N3O5S. The number of carbonyl (C=O) groups is 1. The van der Waals surface area contributed by atoms with Gasteiger partial charge in [0.1, 0.15) is 5.75 Å². The number of hydrogen-bond acceptors (Lipinski definition) is 7. The molecule has 4 rings (SSSR count). The lowest BCUT2D eigenvalue weighted by atomic mass is 10.00. The number of amides is 1. The Morgan fingerprint density at radius 1 is 1.02 bits per heavy atom. The van der Waals surface area contributed by atoms with Crippen molar-refractivity contribution in [1.29, 1.82) is 0 Å². The van der Waals surface area contributed by atoms with Gasteiger partial charge in [-0.3, -0.25) is 18.2 Å². The summed E-state index contributed by atoms with van der Waals surface area (Å²) in [7, 11) is -3.04. The molecule has 3 aromatic carbocycles. The Morgan fingerprint density at radius 2 is 1.77 bits per heavy atom. The van der Waals surface area contributed by atoms with Crippen LogP contribution in [-0.4, -0.2) is 57.7 Å². The number of hydrogen-bond donors (Lipinski definition) is 5. The summed E-state index contributed by atoms with van der Waals surface area (Å²) in [5.74, 6) is 0.148. The van der Waals surface area contributed by atoms with Crippen molar-refractivity contribution in [3.8, 4) is 5.75 Å². The average Bonchev–Trinajstić information content (AvgIpc) is 2.97. The van der Waals surface area contributed by atoms with Crippen molar-refractivity contribution in [1.82, 2.24) is 10.6 Å². The molecule has 5 N–H and O–H groups in total. The largest absolute Gasteiger partial charge is 0.494 e. The lowest BCUT2D eigenvalue weighted by Crippen LogP contribution is -2.48. The maximum atomic E-state index is 13.6. The van der Waals surface area contributed by atoms with E-state index in [0.717, 1.165) is 24.1 Å². The molecule has 2 atom stereocenters. The molecular weight excluding hydrogens is 583 g/mol. The maximum Gasteiger partial charge on any atom is 0.416 e. The Balaban J connectivity index is 1.51. The van der Waals surface area contributed by atoms with Crippen molar-refractivity contribution in [3.63, 3.8) is 0 Å². The van der Waals surface area contributed by atoms with Crippen LogP contribution in [-0.2, 0) is 19.1 Å². The minimum atomic E-state index is -4.45. The SMILES string of the molecule is CCOc1cc(C(=O)NC(Cc2ccccc2)C(O)CNCc2cccc(C(F)(F)F)c2)cc(N2CCCCS2(O)O)c1. The fourth-order valence-corrected chi connectivity index (χ4v) is 6.66. The highest BCUT2D eigenvalue weighted by atomic mass is 32.3. The number of anilines is 1. The van der Waals surface area contributed by atoms with Crippen LogP contribution in [0.5, 0.6) is 5.75 Å². The minimum absolute atomic E-state index is 0.00689. The molecule has 8 nitrogen and oxygen atoms in total. The van der Waals surface area contributed by atoms with Gasteiger partial charge in [0.2, 0.25) is 0 Å². The molecule has 0 aromatic heterocycles. The van der Waals surface area contributed by atoms with E-state index in [1.807, 2.05) is 30.3 Å². The quantitative estimate of drug-likeness (QED) is 0.172. The first kappa shape index (κ1) is 32.6. The van der Waals surface area contributed by atoms with E-state index < -0.39 is 40.6 Å². The second kappa shape index (κ2) is 14.5. The van der Waals surface area contributed by atoms with Gasteiger partial charge >= 0.3 is 6.18 Å². The number of nitrogens with one attached hydrogen (secondary N) is 2. The van der Waals surface area contributed by atoms with Crippen molar-refractivity contribution >= 4 is 22.4 Å². The third-order valence-corrected chi connectivity index (χ3v) is 9.09. The molecule has 0 bridgehead atoms. The average molecular weight is 622 g/mol. The van der Waals surface area contributed by atoms with Gasteiger partial charge < -0.3 is 20.5 Å². The predicted octanol–water partition coefficient (Wildman–Crippen LogP) is 5.86. The zero-order valence-corrected chi connectivity index (χ0v) is 24.7. The summed E-state index contributed by atoms with van der Waals surface area (Å²) >= 11 is 0. The fraction of sp³-hybridized carbons (Fsp3) is 0.387. The Hall–Kier alpha value is -3.29. The molecule has 1 fully saturated rings. The molecule has 0 radical (unpaired) electrons. The van der Waals surface area contributed by atoms with Gasteiger partial charge in [0.25, 0.3) is 5.91 Å². The van der Waals surface area contributed by atoms with E-state index in [1.54, 1.807) is 31.2 Å². The van der Waals surface area contributed by atoms with E-state index in [9.17, 15) is 32.2 Å². The second-order valence-electron chi connectivity index (χ2n) is 10.5. The summed E-state index contributed by atoms with van der Waals surface area (Å²) in [6, 6.07) is 18.3. The molecule has 3 aromatic rings. The third kappa shape index (κ3) is 9.10. The van der Waals surface area contributed by atoms with E-state index >= 15 is 0 Å². The smallest absolute Gasteiger partial charge is 0.416 e. The molecule has 0 aliphatic carbocycles. The van der Waals surface area contributed by atoms with Gasteiger partial charge in [-0.1, -0.05) is 48.5 Å². The molecule has 0 saturated carbocycles. The zero-order valence-electron chi connectivity index (χ0n) is 23.9. The van der Waals surface area contributed by atoms with Gasteiger partial charge in [-0.05, 0) is 55.5 Å². The Bertz CT molecular complexity index is 1360. The standard InChI is InChI=1S/C31H38F3N3O5S/c1-2-42-27-18-24(17-26(19-27)37-13-6-7-14-43(37,40)41)30(39)36-28(16-22-9-4-3-5-10-22)29(38)21-35-20-23-11-8-12-25(15-23)31(32,33)34/h3-5,8-12,15,17-19,28-29,35,38,40-41H,2,6-7,13-14,16,20-21H2,1H3,(H,36,39). The van der Waals surface area contributed by atoms with E-state index in [0.29, 0.717) is 43.0 Å². The van der Waals surface area contributed by atoms with Crippen LogP contribution in [0.1, 0.15) is 46.8 Å². The van der Waals surface area contributed by atoms with Crippen molar-refractivity contribution in [2.75, 3.05) is 29.8 Å². The first-order valence-corrected chi connectivity index (χ1v) is 15.8. The first-order chi connectivity index (χ1) is 20.5. The normalized spacial score (nSPS) is 17.1. The maximum absolute atomic E-state index is 13.6. The van der Waals surface area contributed by atoms with Crippen LogP contribution in [0.3, 0.4) is 0 Å². The van der Waals surface area contributed by atoms with Crippen molar-refractivity contribution in [2.45, 2.75) is 51.1 Å². The van der Waals surface area contributed by atoms with Crippen molar-refractivity contribution in [2.24, 2.45) is 0 Å². The van der Waals surface area contributed by atoms with Crippen LogP contribution in [0.25, 0.3) is 0 Å². The summed E-state index contributed by atoms with van der Waals surface area (Å²) in [6.07, 6.45) is -3.78. The topological polar surface area (TPSA) is 114 Å². The molecule has 0 spiro atoms. The summed E-state index contributed by atoms with van der Waals surface area (Å²) < 4.78 is 67.8. The van der Waals surface area contributed by atoms with Crippen LogP contribution >= 0.6 is 10.8 Å². The van der Waals surface area contributed by atoms with Crippen LogP contribution in [0.2, 0.25) is 0 Å². The molecule has 43 heavy (non-hydrogen) atoms. The molecule has 1 amide bonds. The van der Waals surface area contributed by atoms with Gasteiger partial charge in [-0.2, -0.15) is 13.2 Å². The molecule has 2 unspecified atom stereocenters. The number of rotatable bonds is 12. The Labute approximate surface area is 251 Å². The van der Waals surface area contributed by atoms with Gasteiger partial charge in [0.15, 0.2) is 0 Å². The molecule has 1 aliphatic heterocycles. The van der Waals surface area contributed by atoms with Gasteiger partial charge in [-0.25, -0.2) is 0 Å². The highest BCUT2D eigenvalue weighted by Gasteiger charge is 2.31. The van der Waals surface area contributed by atoms with E-state index in [4.69, 9.17) is 4.74 Å². The number of aliphatic hydroxyl groups is 1. The highest BCUT2D eigenvalue weighted by molar-refractivity contribution is 8.25. The minimum Gasteiger partial charge on any atom is -0.494 e. The Morgan fingerprint density at radius 3 is 2.47 bits per heavy atom. The lowest BCUT2D eigenvalue weighted by Gasteiger charge is -2.47. The zero-order chi connectivity index (χ0) is 31.0. The van der Waals surface area contributed by atoms with Gasteiger partial charge in [0.05, 0.1) is 35.8 Å². The third-order valence-electron chi connectivity index (χ3n) is 7.15. The molecule has 234 valence electrons. The van der Waals surface area contributed by atoms with Crippen LogP contribution in [0.4, 0.5) is 18.9 Å². The summed E-state index contributed by atoms with van der Waals surface area (Å²) in [4.78, 5) is 13.6. The summed E-state index contributed by atoms with van der Waals surface area (Å²) in [5, 5.41) is 17.0. The van der Waals surface area contributed by atoms with Gasteiger partial charge in [-0.15, -0.1) is 10.8 Å². The summed E-state index contributed by atoms with van der Waals surface area (Å²) in [5.41, 5.74) is 1.22. The van der Waals surface area contributed by atoms with Crippen LogP contribution in [0.15, 0.2) is 72.8 Å². The number of carbonyl (C=O) groups excluding carboxylic acids is 1. The van der Waals surface area contributed by atoms with E-state index in [2.05, 4.69) is 10.6 Å². The molecule has 1 saturated heterocycles. The van der Waals surface area contributed by atoms with Crippen LogP contribution in [0, 0.1) is 0 Å². The van der Waals surface area contributed by atoms with E-state index in [1.165, 1.54) is 10.4 Å². The van der Waals surface area contributed by atoms with Crippen LogP contribution < -0.4 is 19.7 Å². The number of alkyl halides is 3. The molecule has 1 aliphatic rings.